The smallest absolute Gasteiger partial charge is 0.188 e. The lowest BCUT2D eigenvalue weighted by Crippen LogP contribution is -2.34. The molecule has 1 aromatic carbocycles. The van der Waals surface area contributed by atoms with Gasteiger partial charge in [-0.2, -0.15) is 0 Å². The summed E-state index contributed by atoms with van der Waals surface area (Å²) in [5.74, 6) is 0.546. The van der Waals surface area contributed by atoms with Gasteiger partial charge in [-0.1, -0.05) is 12.1 Å². The normalized spacial score (nSPS) is 15.8. The number of rotatable bonds is 6. The zero-order valence-corrected chi connectivity index (χ0v) is 15.2. The van der Waals surface area contributed by atoms with E-state index in [4.69, 9.17) is 5.73 Å². The predicted octanol–water partition coefficient (Wildman–Crippen LogP) is 2.60. The van der Waals surface area contributed by atoms with E-state index in [9.17, 15) is 0 Å². The van der Waals surface area contributed by atoms with Gasteiger partial charge in [0.1, 0.15) is 0 Å². The van der Waals surface area contributed by atoms with Crippen molar-refractivity contribution in [2.75, 3.05) is 26.2 Å². The Hall–Kier alpha value is -0.530. The summed E-state index contributed by atoms with van der Waals surface area (Å²) in [5, 5.41) is 3.19. The molecule has 4 nitrogen and oxygen atoms in total. The molecule has 1 aliphatic heterocycles. The first kappa shape index (κ1) is 18.5. The van der Waals surface area contributed by atoms with Gasteiger partial charge in [-0.05, 0) is 79.2 Å². The van der Waals surface area contributed by atoms with E-state index in [1.165, 1.54) is 35.1 Å². The van der Waals surface area contributed by atoms with Gasteiger partial charge in [0, 0.05) is 10.1 Å². The SMILES string of the molecule is Cl.NC(=NCc1ccc(I)cc1)NCCCN1CCCC1. The highest BCUT2D eigenvalue weighted by Gasteiger charge is 2.09. The van der Waals surface area contributed by atoms with E-state index in [-0.39, 0.29) is 12.4 Å². The minimum absolute atomic E-state index is 0. The van der Waals surface area contributed by atoms with Crippen molar-refractivity contribution in [3.8, 4) is 0 Å². The Balaban J connectivity index is 0.00000220. The summed E-state index contributed by atoms with van der Waals surface area (Å²) in [6, 6.07) is 8.36. The number of likely N-dealkylation sites (tertiary alicyclic amines) is 1. The Labute approximate surface area is 147 Å². The average molecular weight is 423 g/mol. The van der Waals surface area contributed by atoms with E-state index < -0.39 is 0 Å². The lowest BCUT2D eigenvalue weighted by molar-refractivity contribution is 0.334. The first-order valence-electron chi connectivity index (χ1n) is 7.24. The van der Waals surface area contributed by atoms with Gasteiger partial charge >= 0.3 is 0 Å². The van der Waals surface area contributed by atoms with Gasteiger partial charge in [0.25, 0.3) is 0 Å². The van der Waals surface area contributed by atoms with E-state index in [0.717, 1.165) is 19.5 Å². The third-order valence-corrected chi connectivity index (χ3v) is 4.22. The zero-order chi connectivity index (χ0) is 14.2. The van der Waals surface area contributed by atoms with E-state index in [2.05, 4.69) is 62.1 Å². The third-order valence-electron chi connectivity index (χ3n) is 3.50. The molecule has 0 radical (unpaired) electrons. The molecule has 0 atom stereocenters. The van der Waals surface area contributed by atoms with Crippen LogP contribution in [-0.4, -0.2) is 37.0 Å². The molecule has 21 heavy (non-hydrogen) atoms. The molecular formula is C15H24ClIN4. The van der Waals surface area contributed by atoms with Crippen LogP contribution < -0.4 is 11.1 Å². The highest BCUT2D eigenvalue weighted by molar-refractivity contribution is 14.1. The molecule has 3 N–H and O–H groups in total. The quantitative estimate of drug-likeness (QED) is 0.321. The molecule has 1 aromatic rings. The van der Waals surface area contributed by atoms with Crippen molar-refractivity contribution in [3.63, 3.8) is 0 Å². The maximum Gasteiger partial charge on any atom is 0.188 e. The van der Waals surface area contributed by atoms with Crippen LogP contribution in [0.25, 0.3) is 0 Å². The van der Waals surface area contributed by atoms with E-state index in [1.54, 1.807) is 0 Å². The first-order valence-corrected chi connectivity index (χ1v) is 8.32. The molecule has 6 heteroatoms. The number of benzene rings is 1. The summed E-state index contributed by atoms with van der Waals surface area (Å²) >= 11 is 2.30. The fourth-order valence-electron chi connectivity index (χ4n) is 2.35. The minimum Gasteiger partial charge on any atom is -0.370 e. The minimum atomic E-state index is 0. The maximum atomic E-state index is 5.87. The summed E-state index contributed by atoms with van der Waals surface area (Å²) in [7, 11) is 0. The maximum absolute atomic E-state index is 5.87. The number of hydrogen-bond donors (Lipinski definition) is 2. The topological polar surface area (TPSA) is 53.6 Å². The van der Waals surface area contributed by atoms with Gasteiger partial charge in [-0.3, -0.25) is 0 Å². The molecule has 0 saturated carbocycles. The molecule has 1 fully saturated rings. The van der Waals surface area contributed by atoms with Crippen LogP contribution in [0.2, 0.25) is 0 Å². The molecule has 0 unspecified atom stereocenters. The standard InChI is InChI=1S/C15H23IN4.ClH/c16-14-6-4-13(5-7-14)12-19-15(17)18-8-3-11-20-9-1-2-10-20;/h4-7H,1-3,8-12H2,(H3,17,18,19);1H. The lowest BCUT2D eigenvalue weighted by Gasteiger charge is -2.14. The second-order valence-corrected chi connectivity index (χ2v) is 6.40. The van der Waals surface area contributed by atoms with Gasteiger partial charge in [0.05, 0.1) is 6.54 Å². The Morgan fingerprint density at radius 3 is 2.57 bits per heavy atom. The van der Waals surface area contributed by atoms with Gasteiger partial charge in [-0.25, -0.2) is 4.99 Å². The number of guanidine groups is 1. The van der Waals surface area contributed by atoms with Gasteiger partial charge < -0.3 is 16.0 Å². The van der Waals surface area contributed by atoms with Gasteiger partial charge in [0.15, 0.2) is 5.96 Å². The second-order valence-electron chi connectivity index (χ2n) is 5.16. The van der Waals surface area contributed by atoms with Crippen LogP contribution in [-0.2, 0) is 6.54 Å². The van der Waals surface area contributed by atoms with E-state index in [0.29, 0.717) is 12.5 Å². The van der Waals surface area contributed by atoms with Gasteiger partial charge in [-0.15, -0.1) is 12.4 Å². The largest absolute Gasteiger partial charge is 0.370 e. The van der Waals surface area contributed by atoms with Crippen molar-refractivity contribution < 1.29 is 0 Å². The number of nitrogens with zero attached hydrogens (tertiary/aromatic N) is 2. The molecule has 0 bridgehead atoms. The van der Waals surface area contributed by atoms with Crippen LogP contribution >= 0.6 is 35.0 Å². The molecular weight excluding hydrogens is 399 g/mol. The molecule has 2 rings (SSSR count). The van der Waals surface area contributed by atoms with Crippen LogP contribution in [0, 0.1) is 3.57 Å². The van der Waals surface area contributed by atoms with Crippen LogP contribution in [0.4, 0.5) is 0 Å². The van der Waals surface area contributed by atoms with Crippen LogP contribution in [0.3, 0.4) is 0 Å². The summed E-state index contributed by atoms with van der Waals surface area (Å²) in [4.78, 5) is 6.88. The molecule has 1 heterocycles. The average Bonchev–Trinajstić information content (AvgIpc) is 2.96. The van der Waals surface area contributed by atoms with Crippen molar-refractivity contribution in [2.24, 2.45) is 10.7 Å². The summed E-state index contributed by atoms with van der Waals surface area (Å²) in [6.07, 6.45) is 3.83. The number of nitrogens with two attached hydrogens (primary N) is 1. The monoisotopic (exact) mass is 422 g/mol. The molecule has 1 aliphatic rings. The first-order chi connectivity index (χ1) is 9.74. The van der Waals surface area contributed by atoms with Crippen LogP contribution in [0.1, 0.15) is 24.8 Å². The van der Waals surface area contributed by atoms with Crippen molar-refractivity contribution >= 4 is 41.0 Å². The summed E-state index contributed by atoms with van der Waals surface area (Å²) in [5.41, 5.74) is 7.06. The van der Waals surface area contributed by atoms with Crippen LogP contribution in [0.5, 0.6) is 0 Å². The van der Waals surface area contributed by atoms with Crippen molar-refractivity contribution in [1.82, 2.24) is 10.2 Å². The molecule has 0 amide bonds. The number of aliphatic imine (C=N–C) groups is 1. The highest BCUT2D eigenvalue weighted by Crippen LogP contribution is 2.08. The Kier molecular flexibility index (Phi) is 9.03. The van der Waals surface area contributed by atoms with E-state index >= 15 is 0 Å². The molecule has 0 aliphatic carbocycles. The summed E-state index contributed by atoms with van der Waals surface area (Å²) < 4.78 is 1.24. The Morgan fingerprint density at radius 1 is 1.24 bits per heavy atom. The number of halogens is 2. The number of nitrogens with one attached hydrogen (secondary N) is 1. The predicted molar refractivity (Wildman–Crippen MR) is 100 cm³/mol. The molecule has 118 valence electrons. The zero-order valence-electron chi connectivity index (χ0n) is 12.2. The molecule has 0 aromatic heterocycles. The van der Waals surface area contributed by atoms with Crippen molar-refractivity contribution in [1.29, 1.82) is 0 Å². The lowest BCUT2D eigenvalue weighted by atomic mass is 10.2. The Morgan fingerprint density at radius 2 is 1.90 bits per heavy atom. The molecule has 0 spiro atoms. The summed E-state index contributed by atoms with van der Waals surface area (Å²) in [6.45, 7) is 5.23. The van der Waals surface area contributed by atoms with Gasteiger partial charge in [0.2, 0.25) is 0 Å². The van der Waals surface area contributed by atoms with Crippen molar-refractivity contribution in [3.05, 3.63) is 33.4 Å². The highest BCUT2D eigenvalue weighted by atomic mass is 127. The van der Waals surface area contributed by atoms with Crippen LogP contribution in [0.15, 0.2) is 29.3 Å². The third kappa shape index (κ3) is 7.33. The fraction of sp³-hybridized carbons (Fsp3) is 0.533. The van der Waals surface area contributed by atoms with E-state index in [1.807, 2.05) is 0 Å². The second kappa shape index (κ2) is 10.2. The fourth-order valence-corrected chi connectivity index (χ4v) is 2.71. The van der Waals surface area contributed by atoms with Crippen molar-refractivity contribution in [2.45, 2.75) is 25.8 Å². The molecule has 1 saturated heterocycles. The number of hydrogen-bond acceptors (Lipinski definition) is 2. The Bertz CT molecular complexity index is 430.